The molecule has 1 aromatic heterocycles. The van der Waals surface area contributed by atoms with Crippen LogP contribution in [0.2, 0.25) is 0 Å². The van der Waals surface area contributed by atoms with Gasteiger partial charge in [0, 0.05) is 28.9 Å². The van der Waals surface area contributed by atoms with Gasteiger partial charge in [-0.25, -0.2) is 4.98 Å². The molecule has 96 valence electrons. The van der Waals surface area contributed by atoms with Gasteiger partial charge in [0.2, 0.25) is 0 Å². The van der Waals surface area contributed by atoms with Crippen molar-refractivity contribution in [2.24, 2.45) is 0 Å². The van der Waals surface area contributed by atoms with E-state index in [2.05, 4.69) is 62.9 Å². The van der Waals surface area contributed by atoms with Crippen molar-refractivity contribution in [1.29, 1.82) is 0 Å². The highest BCUT2D eigenvalue weighted by molar-refractivity contribution is 9.11. The SMILES string of the molecule is COC(C)c1c(Br)cnc(NC(C)(C)C)c1Br. The Labute approximate surface area is 120 Å². The van der Waals surface area contributed by atoms with Crippen LogP contribution in [0.25, 0.3) is 0 Å². The van der Waals surface area contributed by atoms with Crippen LogP contribution in [0.15, 0.2) is 15.1 Å². The average Bonchev–Trinajstić information content (AvgIpc) is 2.20. The summed E-state index contributed by atoms with van der Waals surface area (Å²) >= 11 is 7.09. The van der Waals surface area contributed by atoms with E-state index in [0.717, 1.165) is 20.3 Å². The van der Waals surface area contributed by atoms with Gasteiger partial charge >= 0.3 is 0 Å². The summed E-state index contributed by atoms with van der Waals surface area (Å²) in [6, 6.07) is 0. The second kappa shape index (κ2) is 5.67. The fraction of sp³-hybridized carbons (Fsp3) is 0.583. The molecule has 0 amide bonds. The maximum absolute atomic E-state index is 5.37. The van der Waals surface area contributed by atoms with Gasteiger partial charge in [-0.2, -0.15) is 0 Å². The Hall–Kier alpha value is -0.130. The number of hydrogen-bond donors (Lipinski definition) is 1. The van der Waals surface area contributed by atoms with Gasteiger partial charge in [0.1, 0.15) is 5.82 Å². The minimum atomic E-state index is -0.0308. The quantitative estimate of drug-likeness (QED) is 0.854. The van der Waals surface area contributed by atoms with Gasteiger partial charge in [0.05, 0.1) is 10.6 Å². The lowest BCUT2D eigenvalue weighted by Crippen LogP contribution is -2.27. The lowest BCUT2D eigenvalue weighted by molar-refractivity contribution is 0.118. The first-order valence-corrected chi connectivity index (χ1v) is 6.99. The van der Waals surface area contributed by atoms with Crippen molar-refractivity contribution in [3.05, 3.63) is 20.7 Å². The first-order chi connectivity index (χ1) is 7.76. The number of rotatable bonds is 3. The molecule has 0 fully saturated rings. The smallest absolute Gasteiger partial charge is 0.141 e. The minimum absolute atomic E-state index is 0.00210. The van der Waals surface area contributed by atoms with Crippen molar-refractivity contribution < 1.29 is 4.74 Å². The number of halogens is 2. The number of methoxy groups -OCH3 is 1. The number of ether oxygens (including phenoxy) is 1. The van der Waals surface area contributed by atoms with E-state index in [1.54, 1.807) is 13.3 Å². The summed E-state index contributed by atoms with van der Waals surface area (Å²) in [5, 5.41) is 3.36. The molecule has 0 bridgehead atoms. The number of nitrogens with one attached hydrogen (secondary N) is 1. The molecule has 17 heavy (non-hydrogen) atoms. The molecule has 0 radical (unpaired) electrons. The summed E-state index contributed by atoms with van der Waals surface area (Å²) in [6.07, 6.45) is 1.80. The van der Waals surface area contributed by atoms with Gasteiger partial charge in [-0.1, -0.05) is 0 Å². The van der Waals surface area contributed by atoms with Gasteiger partial charge in [0.25, 0.3) is 0 Å². The third-order valence-corrected chi connectivity index (χ3v) is 3.70. The Balaban J connectivity index is 3.19. The van der Waals surface area contributed by atoms with Crippen molar-refractivity contribution in [3.8, 4) is 0 Å². The number of anilines is 1. The number of hydrogen-bond acceptors (Lipinski definition) is 3. The largest absolute Gasteiger partial charge is 0.377 e. The lowest BCUT2D eigenvalue weighted by atomic mass is 10.1. The highest BCUT2D eigenvalue weighted by Crippen LogP contribution is 2.36. The number of aromatic nitrogens is 1. The van der Waals surface area contributed by atoms with E-state index in [1.807, 2.05) is 6.92 Å². The van der Waals surface area contributed by atoms with Crippen LogP contribution in [0.5, 0.6) is 0 Å². The fourth-order valence-corrected chi connectivity index (χ4v) is 3.04. The van der Waals surface area contributed by atoms with Crippen LogP contribution in [0.4, 0.5) is 5.82 Å². The molecular weight excluding hydrogens is 348 g/mol. The molecule has 1 aromatic rings. The molecule has 1 heterocycles. The summed E-state index contributed by atoms with van der Waals surface area (Å²) in [5.74, 6) is 0.833. The van der Waals surface area contributed by atoms with Crippen molar-refractivity contribution in [1.82, 2.24) is 4.98 Å². The Morgan fingerprint density at radius 3 is 2.41 bits per heavy atom. The van der Waals surface area contributed by atoms with Crippen molar-refractivity contribution in [2.45, 2.75) is 39.3 Å². The Morgan fingerprint density at radius 2 is 1.94 bits per heavy atom. The van der Waals surface area contributed by atoms with Gasteiger partial charge in [0.15, 0.2) is 0 Å². The zero-order valence-corrected chi connectivity index (χ0v) is 13.9. The van der Waals surface area contributed by atoms with Gasteiger partial charge in [-0.3, -0.25) is 0 Å². The highest BCUT2D eigenvalue weighted by atomic mass is 79.9. The van der Waals surface area contributed by atoms with Crippen LogP contribution in [0.3, 0.4) is 0 Å². The second-order valence-corrected chi connectivity index (χ2v) is 6.58. The average molecular weight is 366 g/mol. The van der Waals surface area contributed by atoms with E-state index in [1.165, 1.54) is 0 Å². The normalized spacial score (nSPS) is 13.6. The monoisotopic (exact) mass is 364 g/mol. The third kappa shape index (κ3) is 3.93. The standard InChI is InChI=1S/C12H18Br2N2O/c1-7(17-5)9-8(13)6-15-11(10(9)14)16-12(2,3)4/h6-7H,1-5H3,(H,15,16). The Morgan fingerprint density at radius 1 is 1.35 bits per heavy atom. The van der Waals surface area contributed by atoms with E-state index in [0.29, 0.717) is 0 Å². The second-order valence-electron chi connectivity index (χ2n) is 4.94. The predicted molar refractivity (Wildman–Crippen MR) is 78.4 cm³/mol. The van der Waals surface area contributed by atoms with Gasteiger partial charge in [-0.15, -0.1) is 0 Å². The summed E-state index contributed by atoms with van der Waals surface area (Å²) in [7, 11) is 1.70. The Bertz CT molecular complexity index is 402. The maximum Gasteiger partial charge on any atom is 0.141 e. The van der Waals surface area contributed by atoms with Crippen LogP contribution in [0.1, 0.15) is 39.4 Å². The van der Waals surface area contributed by atoms with Gasteiger partial charge < -0.3 is 10.1 Å². The molecule has 0 aliphatic rings. The topological polar surface area (TPSA) is 34.1 Å². The van der Waals surface area contributed by atoms with Crippen LogP contribution < -0.4 is 5.32 Å². The molecule has 0 spiro atoms. The molecule has 0 aliphatic carbocycles. The number of nitrogens with zero attached hydrogens (tertiary/aromatic N) is 1. The molecule has 0 aliphatic heterocycles. The molecular formula is C12H18Br2N2O. The van der Waals surface area contributed by atoms with Gasteiger partial charge in [-0.05, 0) is 59.6 Å². The highest BCUT2D eigenvalue weighted by Gasteiger charge is 2.19. The summed E-state index contributed by atoms with van der Waals surface area (Å²) in [5.41, 5.74) is 1.03. The van der Waals surface area contributed by atoms with Crippen LogP contribution in [-0.4, -0.2) is 17.6 Å². The summed E-state index contributed by atoms with van der Waals surface area (Å²) in [6.45, 7) is 8.31. The van der Waals surface area contributed by atoms with Crippen molar-refractivity contribution >= 4 is 37.7 Å². The molecule has 1 unspecified atom stereocenters. The lowest BCUT2D eigenvalue weighted by Gasteiger charge is -2.24. The third-order valence-electron chi connectivity index (χ3n) is 2.26. The summed E-state index contributed by atoms with van der Waals surface area (Å²) in [4.78, 5) is 4.38. The molecule has 0 saturated heterocycles. The van der Waals surface area contributed by atoms with E-state index in [-0.39, 0.29) is 11.6 Å². The predicted octanol–water partition coefficient (Wildman–Crippen LogP) is 4.52. The zero-order valence-electron chi connectivity index (χ0n) is 10.8. The van der Waals surface area contributed by atoms with Crippen LogP contribution >= 0.6 is 31.9 Å². The van der Waals surface area contributed by atoms with Crippen molar-refractivity contribution in [2.75, 3.05) is 12.4 Å². The maximum atomic E-state index is 5.37. The first-order valence-electron chi connectivity index (χ1n) is 5.41. The summed E-state index contributed by atoms with van der Waals surface area (Å²) < 4.78 is 7.25. The molecule has 5 heteroatoms. The van der Waals surface area contributed by atoms with E-state index >= 15 is 0 Å². The zero-order chi connectivity index (χ0) is 13.2. The van der Waals surface area contributed by atoms with Crippen molar-refractivity contribution in [3.63, 3.8) is 0 Å². The molecule has 1 N–H and O–H groups in total. The molecule has 1 rings (SSSR count). The number of pyridine rings is 1. The fourth-order valence-electron chi connectivity index (χ4n) is 1.41. The van der Waals surface area contributed by atoms with Crippen LogP contribution in [-0.2, 0) is 4.74 Å². The molecule has 0 aromatic carbocycles. The molecule has 3 nitrogen and oxygen atoms in total. The van der Waals surface area contributed by atoms with E-state index in [4.69, 9.17) is 4.74 Å². The van der Waals surface area contributed by atoms with Crippen LogP contribution in [0, 0.1) is 0 Å². The molecule has 1 atom stereocenters. The van der Waals surface area contributed by atoms with E-state index in [9.17, 15) is 0 Å². The molecule has 0 saturated carbocycles. The Kier molecular flexibility index (Phi) is 4.98. The minimum Gasteiger partial charge on any atom is -0.377 e. The van der Waals surface area contributed by atoms with E-state index < -0.39 is 0 Å². The first kappa shape index (κ1) is 14.9.